The van der Waals surface area contributed by atoms with E-state index >= 15 is 0 Å². The van der Waals surface area contributed by atoms with Gasteiger partial charge in [-0.2, -0.15) is 0 Å². The van der Waals surface area contributed by atoms with E-state index in [2.05, 4.69) is 24.6 Å². The Kier molecular flexibility index (Phi) is 3.95. The Bertz CT molecular complexity index is 703. The van der Waals surface area contributed by atoms with Crippen LogP contribution in [0.4, 0.5) is 5.82 Å². The second-order valence-electron chi connectivity index (χ2n) is 6.11. The van der Waals surface area contributed by atoms with E-state index in [1.165, 1.54) is 29.2 Å². The van der Waals surface area contributed by atoms with E-state index in [-0.39, 0.29) is 11.9 Å². The number of rotatable bonds is 3. The maximum Gasteiger partial charge on any atom is 0.263 e. The van der Waals surface area contributed by atoms with E-state index in [0.717, 1.165) is 44.6 Å². The molecule has 1 fully saturated rings. The number of aromatic nitrogens is 3. The highest BCUT2D eigenvalue weighted by molar-refractivity contribution is 7.08. The maximum atomic E-state index is 12.2. The number of hydrogen-bond donors (Lipinski definition) is 1. The Morgan fingerprint density at radius 2 is 2.26 bits per heavy atom. The predicted molar refractivity (Wildman–Crippen MR) is 88.9 cm³/mol. The van der Waals surface area contributed by atoms with E-state index in [1.54, 1.807) is 18.6 Å². The van der Waals surface area contributed by atoms with Crippen LogP contribution < -0.4 is 10.2 Å². The predicted octanol–water partition coefficient (Wildman–Crippen LogP) is 1.82. The molecule has 2 aromatic heterocycles. The van der Waals surface area contributed by atoms with Crippen LogP contribution in [0.3, 0.4) is 0 Å². The van der Waals surface area contributed by atoms with Crippen molar-refractivity contribution in [3.05, 3.63) is 34.7 Å². The molecule has 120 valence electrons. The highest BCUT2D eigenvalue weighted by atomic mass is 32.1. The molecule has 0 spiro atoms. The molecule has 7 heteroatoms. The number of nitrogens with one attached hydrogen (secondary N) is 1. The summed E-state index contributed by atoms with van der Waals surface area (Å²) in [6.07, 6.45) is 8.71. The summed E-state index contributed by atoms with van der Waals surface area (Å²) in [5, 5.41) is 3.14. The van der Waals surface area contributed by atoms with Crippen molar-refractivity contribution in [2.24, 2.45) is 0 Å². The smallest absolute Gasteiger partial charge is 0.263 e. The largest absolute Gasteiger partial charge is 0.354 e. The fourth-order valence-electron chi connectivity index (χ4n) is 3.49. The average molecular weight is 329 g/mol. The van der Waals surface area contributed by atoms with Crippen molar-refractivity contribution in [2.75, 3.05) is 18.0 Å². The van der Waals surface area contributed by atoms with E-state index in [9.17, 15) is 4.79 Å². The van der Waals surface area contributed by atoms with Gasteiger partial charge in [0.05, 0.1) is 0 Å². The molecule has 0 unspecified atom stereocenters. The third kappa shape index (κ3) is 2.93. The van der Waals surface area contributed by atoms with Gasteiger partial charge in [-0.25, -0.2) is 14.3 Å². The lowest BCUT2D eigenvalue weighted by atomic mass is 10.0. The number of fused-ring (bicyclic) bond motifs is 1. The number of aryl methyl sites for hydroxylation is 1. The zero-order chi connectivity index (χ0) is 15.6. The van der Waals surface area contributed by atoms with Gasteiger partial charge in [-0.15, -0.1) is 0 Å². The van der Waals surface area contributed by atoms with Crippen molar-refractivity contribution in [2.45, 2.75) is 38.1 Å². The normalized spacial score (nSPS) is 20.3. The van der Waals surface area contributed by atoms with Gasteiger partial charge in [-0.1, -0.05) is 0 Å². The number of carbonyl (C=O) groups is 1. The van der Waals surface area contributed by atoms with Crippen LogP contribution in [-0.2, 0) is 12.8 Å². The van der Waals surface area contributed by atoms with E-state index in [4.69, 9.17) is 0 Å². The first-order valence-corrected chi connectivity index (χ1v) is 8.88. The summed E-state index contributed by atoms with van der Waals surface area (Å²) in [4.78, 5) is 24.1. The molecule has 1 saturated heterocycles. The van der Waals surface area contributed by atoms with Gasteiger partial charge in [0.1, 0.15) is 17.0 Å². The molecule has 0 aromatic carbocycles. The van der Waals surface area contributed by atoms with E-state index in [0.29, 0.717) is 4.88 Å². The molecule has 1 atom stereocenters. The monoisotopic (exact) mass is 329 g/mol. The minimum Gasteiger partial charge on any atom is -0.354 e. The lowest BCUT2D eigenvalue weighted by molar-refractivity contribution is 0.0937. The zero-order valence-corrected chi connectivity index (χ0v) is 13.7. The van der Waals surface area contributed by atoms with Crippen LogP contribution >= 0.6 is 11.5 Å². The summed E-state index contributed by atoms with van der Waals surface area (Å²) in [5.41, 5.74) is 2.51. The summed E-state index contributed by atoms with van der Waals surface area (Å²) >= 11 is 1.24. The van der Waals surface area contributed by atoms with Crippen molar-refractivity contribution < 1.29 is 4.79 Å². The lowest BCUT2D eigenvalue weighted by Crippen LogP contribution is -2.48. The van der Waals surface area contributed by atoms with Crippen LogP contribution in [0.5, 0.6) is 0 Å². The molecule has 23 heavy (non-hydrogen) atoms. The molecule has 1 amide bonds. The standard InChI is InChI=1S/C16H19N5OS/c22-16(14-6-7-19-23-14)20-11-3-2-8-21(9-11)15-12-4-1-5-13(12)17-10-18-15/h6-7,10-11H,1-5,8-9H2,(H,20,22)/t11-/m1/s1. The third-order valence-corrected chi connectivity index (χ3v) is 5.32. The van der Waals surface area contributed by atoms with Crippen LogP contribution in [0.2, 0.25) is 0 Å². The van der Waals surface area contributed by atoms with Crippen molar-refractivity contribution in [3.63, 3.8) is 0 Å². The third-order valence-electron chi connectivity index (χ3n) is 4.57. The van der Waals surface area contributed by atoms with Crippen LogP contribution in [0.1, 0.15) is 40.2 Å². The van der Waals surface area contributed by atoms with Crippen LogP contribution in [0.25, 0.3) is 0 Å². The average Bonchev–Trinajstić information content (AvgIpc) is 3.26. The maximum absolute atomic E-state index is 12.2. The SMILES string of the molecule is O=C(N[C@@H]1CCCN(c2ncnc3c2CCC3)C1)c1ccns1. The van der Waals surface area contributed by atoms with Crippen LogP contribution in [-0.4, -0.2) is 39.4 Å². The van der Waals surface area contributed by atoms with Crippen molar-refractivity contribution in [1.82, 2.24) is 19.7 Å². The highest BCUT2D eigenvalue weighted by Gasteiger charge is 2.27. The molecule has 4 rings (SSSR count). The van der Waals surface area contributed by atoms with Gasteiger partial charge in [-0.05, 0) is 49.7 Å². The number of carbonyl (C=O) groups excluding carboxylic acids is 1. The number of nitrogens with zero attached hydrogens (tertiary/aromatic N) is 4. The molecule has 0 saturated carbocycles. The Labute approximate surface area is 139 Å². The molecule has 1 aliphatic carbocycles. The lowest BCUT2D eigenvalue weighted by Gasteiger charge is -2.34. The fraction of sp³-hybridized carbons (Fsp3) is 0.500. The second kappa shape index (κ2) is 6.23. The Morgan fingerprint density at radius 1 is 1.30 bits per heavy atom. The first-order valence-electron chi connectivity index (χ1n) is 8.10. The summed E-state index contributed by atoms with van der Waals surface area (Å²) in [7, 11) is 0. The first-order chi connectivity index (χ1) is 11.3. The summed E-state index contributed by atoms with van der Waals surface area (Å²) in [5.74, 6) is 1.05. The first kappa shape index (κ1) is 14.6. The quantitative estimate of drug-likeness (QED) is 0.930. The van der Waals surface area contributed by atoms with Gasteiger partial charge in [0.25, 0.3) is 5.91 Å². The molecule has 2 aromatic rings. The van der Waals surface area contributed by atoms with E-state index in [1.807, 2.05) is 0 Å². The summed E-state index contributed by atoms with van der Waals surface area (Å²) in [6, 6.07) is 1.92. The van der Waals surface area contributed by atoms with Crippen LogP contribution in [0.15, 0.2) is 18.6 Å². The molecule has 0 radical (unpaired) electrons. The van der Waals surface area contributed by atoms with Crippen molar-refractivity contribution >= 4 is 23.3 Å². The number of amides is 1. The van der Waals surface area contributed by atoms with Crippen molar-refractivity contribution in [3.8, 4) is 0 Å². The molecule has 3 heterocycles. The topological polar surface area (TPSA) is 71.0 Å². The minimum atomic E-state index is -0.0210. The number of hydrogen-bond acceptors (Lipinski definition) is 6. The van der Waals surface area contributed by atoms with Gasteiger partial charge in [0.2, 0.25) is 0 Å². The highest BCUT2D eigenvalue weighted by Crippen LogP contribution is 2.29. The number of anilines is 1. The minimum absolute atomic E-state index is 0.0210. The molecule has 0 bridgehead atoms. The Morgan fingerprint density at radius 3 is 3.13 bits per heavy atom. The Balaban J connectivity index is 1.47. The van der Waals surface area contributed by atoms with Gasteiger partial charge in [-0.3, -0.25) is 4.79 Å². The van der Waals surface area contributed by atoms with Crippen LogP contribution in [0, 0.1) is 0 Å². The second-order valence-corrected chi connectivity index (χ2v) is 6.94. The van der Waals surface area contributed by atoms with E-state index < -0.39 is 0 Å². The Hall–Kier alpha value is -2.02. The van der Waals surface area contributed by atoms with Gasteiger partial charge in [0.15, 0.2) is 0 Å². The molecule has 2 aliphatic rings. The zero-order valence-electron chi connectivity index (χ0n) is 12.9. The number of piperidine rings is 1. The molecule has 1 N–H and O–H groups in total. The molecular weight excluding hydrogens is 310 g/mol. The fourth-order valence-corrected chi connectivity index (χ4v) is 3.99. The van der Waals surface area contributed by atoms with Gasteiger partial charge < -0.3 is 10.2 Å². The molecule has 6 nitrogen and oxygen atoms in total. The molecular formula is C16H19N5OS. The van der Waals surface area contributed by atoms with Gasteiger partial charge >= 0.3 is 0 Å². The summed E-state index contributed by atoms with van der Waals surface area (Å²) < 4.78 is 3.99. The summed E-state index contributed by atoms with van der Waals surface area (Å²) in [6.45, 7) is 1.81. The van der Waals surface area contributed by atoms with Crippen molar-refractivity contribution in [1.29, 1.82) is 0 Å². The van der Waals surface area contributed by atoms with Gasteiger partial charge in [0, 0.05) is 36.6 Å². The molecule has 1 aliphatic heterocycles.